The van der Waals surface area contributed by atoms with Crippen molar-refractivity contribution in [3.8, 4) is 0 Å². The third kappa shape index (κ3) is 3.43. The third-order valence-corrected chi connectivity index (χ3v) is 5.92. The summed E-state index contributed by atoms with van der Waals surface area (Å²) in [7, 11) is 0. The molecule has 0 radical (unpaired) electrons. The Morgan fingerprint density at radius 2 is 1.96 bits per heavy atom. The van der Waals surface area contributed by atoms with Crippen LogP contribution in [-0.2, 0) is 11.2 Å². The number of nitrogens with zero attached hydrogens (tertiary/aromatic N) is 4. The highest BCUT2D eigenvalue weighted by Gasteiger charge is 2.31. The Morgan fingerprint density at radius 1 is 1.13 bits per heavy atom. The monoisotopic (exact) mass is 316 g/mol. The molecule has 0 N–H and O–H groups in total. The van der Waals surface area contributed by atoms with Gasteiger partial charge in [-0.3, -0.25) is 4.79 Å². The Morgan fingerprint density at radius 3 is 2.74 bits per heavy atom. The fourth-order valence-electron chi connectivity index (χ4n) is 4.44. The van der Waals surface area contributed by atoms with Crippen LogP contribution in [0.1, 0.15) is 76.1 Å². The summed E-state index contributed by atoms with van der Waals surface area (Å²) >= 11 is 0. The molecule has 0 aromatic carbocycles. The van der Waals surface area contributed by atoms with Crippen molar-refractivity contribution in [3.05, 3.63) is 12.2 Å². The summed E-state index contributed by atoms with van der Waals surface area (Å²) in [5, 5.41) is 8.38. The SMILES string of the molecule is O=C(CC1CCCC1)N1CCCC1CCc1nncn1C1CC1. The van der Waals surface area contributed by atoms with Gasteiger partial charge in [0.15, 0.2) is 0 Å². The molecular formula is C18H28N4O. The van der Waals surface area contributed by atoms with Gasteiger partial charge in [-0.25, -0.2) is 0 Å². The summed E-state index contributed by atoms with van der Waals surface area (Å²) in [6.45, 7) is 0.964. The maximum Gasteiger partial charge on any atom is 0.223 e. The quantitative estimate of drug-likeness (QED) is 0.810. The minimum Gasteiger partial charge on any atom is -0.340 e. The molecule has 1 atom stereocenters. The standard InChI is InChI=1S/C18H28N4O/c23-18(12-14-4-1-2-5-14)21-11-3-6-15(21)9-10-17-20-19-13-22(17)16-7-8-16/h13-16H,1-12H2. The molecule has 1 aliphatic heterocycles. The lowest BCUT2D eigenvalue weighted by Crippen LogP contribution is -2.36. The molecule has 2 saturated carbocycles. The molecule has 4 rings (SSSR count). The Balaban J connectivity index is 1.32. The van der Waals surface area contributed by atoms with E-state index in [0.717, 1.165) is 44.5 Å². The zero-order valence-electron chi connectivity index (χ0n) is 14.0. The summed E-state index contributed by atoms with van der Waals surface area (Å²) < 4.78 is 2.25. The zero-order valence-corrected chi connectivity index (χ0v) is 14.0. The van der Waals surface area contributed by atoms with E-state index < -0.39 is 0 Å². The first-order valence-electron chi connectivity index (χ1n) is 9.49. The van der Waals surface area contributed by atoms with Crippen molar-refractivity contribution in [2.75, 3.05) is 6.54 Å². The van der Waals surface area contributed by atoms with E-state index >= 15 is 0 Å². The molecule has 1 aromatic heterocycles. The van der Waals surface area contributed by atoms with E-state index in [-0.39, 0.29) is 0 Å². The normalized spacial score (nSPS) is 25.4. The largest absolute Gasteiger partial charge is 0.340 e. The molecule has 1 amide bonds. The van der Waals surface area contributed by atoms with Crippen LogP contribution in [0.4, 0.5) is 0 Å². The minimum atomic E-state index is 0.406. The lowest BCUT2D eigenvalue weighted by Gasteiger charge is -2.26. The molecule has 126 valence electrons. The van der Waals surface area contributed by atoms with Crippen LogP contribution in [0.15, 0.2) is 6.33 Å². The number of likely N-dealkylation sites (tertiary alicyclic amines) is 1. The van der Waals surface area contributed by atoms with Crippen molar-refractivity contribution in [2.45, 2.75) is 82.7 Å². The number of aromatic nitrogens is 3. The predicted molar refractivity (Wildman–Crippen MR) is 87.9 cm³/mol. The Kier molecular flexibility index (Phi) is 4.36. The maximum atomic E-state index is 12.7. The molecule has 5 nitrogen and oxygen atoms in total. The average molecular weight is 316 g/mol. The molecular weight excluding hydrogens is 288 g/mol. The lowest BCUT2D eigenvalue weighted by molar-refractivity contribution is -0.133. The number of hydrogen-bond donors (Lipinski definition) is 0. The second-order valence-corrected chi connectivity index (χ2v) is 7.66. The average Bonchev–Trinajstić information content (AvgIpc) is 2.99. The van der Waals surface area contributed by atoms with E-state index in [0.29, 0.717) is 23.9 Å². The van der Waals surface area contributed by atoms with Crippen LogP contribution in [0.25, 0.3) is 0 Å². The van der Waals surface area contributed by atoms with E-state index in [1.54, 1.807) is 0 Å². The number of amides is 1. The summed E-state index contributed by atoms with van der Waals surface area (Å²) in [6.07, 6.45) is 14.7. The highest BCUT2D eigenvalue weighted by Crippen LogP contribution is 2.36. The number of rotatable bonds is 6. The van der Waals surface area contributed by atoms with Gasteiger partial charge in [-0.15, -0.1) is 10.2 Å². The third-order valence-electron chi connectivity index (χ3n) is 5.92. The van der Waals surface area contributed by atoms with E-state index in [1.807, 2.05) is 6.33 Å². The van der Waals surface area contributed by atoms with Gasteiger partial charge in [0.25, 0.3) is 0 Å². The molecule has 5 heteroatoms. The first-order valence-corrected chi connectivity index (χ1v) is 9.49. The zero-order chi connectivity index (χ0) is 15.6. The topological polar surface area (TPSA) is 51.0 Å². The van der Waals surface area contributed by atoms with Gasteiger partial charge in [0, 0.05) is 31.5 Å². The number of hydrogen-bond acceptors (Lipinski definition) is 3. The van der Waals surface area contributed by atoms with Crippen molar-refractivity contribution in [2.24, 2.45) is 5.92 Å². The second-order valence-electron chi connectivity index (χ2n) is 7.66. The van der Waals surface area contributed by atoms with Gasteiger partial charge >= 0.3 is 0 Å². The highest BCUT2D eigenvalue weighted by atomic mass is 16.2. The minimum absolute atomic E-state index is 0.406. The van der Waals surface area contributed by atoms with Gasteiger partial charge in [0.05, 0.1) is 0 Å². The molecule has 0 spiro atoms. The van der Waals surface area contributed by atoms with E-state index in [2.05, 4.69) is 19.7 Å². The van der Waals surface area contributed by atoms with Crippen molar-refractivity contribution in [1.29, 1.82) is 0 Å². The Hall–Kier alpha value is -1.39. The van der Waals surface area contributed by atoms with Gasteiger partial charge in [0.2, 0.25) is 5.91 Å². The Bertz CT molecular complexity index is 545. The first-order chi connectivity index (χ1) is 11.3. The van der Waals surface area contributed by atoms with Crippen molar-refractivity contribution < 1.29 is 4.79 Å². The van der Waals surface area contributed by atoms with Crippen LogP contribution >= 0.6 is 0 Å². The molecule has 3 fully saturated rings. The molecule has 3 aliphatic rings. The number of carbonyl (C=O) groups excluding carboxylic acids is 1. The predicted octanol–water partition coefficient (Wildman–Crippen LogP) is 3.12. The second kappa shape index (κ2) is 6.62. The molecule has 1 aromatic rings. The number of carbonyl (C=O) groups is 1. The lowest BCUT2D eigenvalue weighted by atomic mass is 10.0. The molecule has 23 heavy (non-hydrogen) atoms. The maximum absolute atomic E-state index is 12.7. The fraction of sp³-hybridized carbons (Fsp3) is 0.833. The number of aryl methyl sites for hydroxylation is 1. The van der Waals surface area contributed by atoms with Crippen LogP contribution < -0.4 is 0 Å². The van der Waals surface area contributed by atoms with Crippen LogP contribution in [0.3, 0.4) is 0 Å². The van der Waals surface area contributed by atoms with E-state index in [1.165, 1.54) is 38.5 Å². The molecule has 2 heterocycles. The van der Waals surface area contributed by atoms with E-state index in [4.69, 9.17) is 0 Å². The van der Waals surface area contributed by atoms with Crippen molar-refractivity contribution in [3.63, 3.8) is 0 Å². The highest BCUT2D eigenvalue weighted by molar-refractivity contribution is 5.77. The van der Waals surface area contributed by atoms with Gasteiger partial charge in [-0.2, -0.15) is 0 Å². The Labute approximate surface area is 138 Å². The van der Waals surface area contributed by atoms with Crippen molar-refractivity contribution >= 4 is 5.91 Å². The first kappa shape index (κ1) is 15.2. The fourth-order valence-corrected chi connectivity index (χ4v) is 4.44. The molecule has 1 saturated heterocycles. The molecule has 2 aliphatic carbocycles. The van der Waals surface area contributed by atoms with Crippen LogP contribution in [0.5, 0.6) is 0 Å². The van der Waals surface area contributed by atoms with Gasteiger partial charge < -0.3 is 9.47 Å². The van der Waals surface area contributed by atoms with Crippen molar-refractivity contribution in [1.82, 2.24) is 19.7 Å². The van der Waals surface area contributed by atoms with Crippen LogP contribution in [0.2, 0.25) is 0 Å². The summed E-state index contributed by atoms with van der Waals surface area (Å²) in [6, 6.07) is 1.07. The summed E-state index contributed by atoms with van der Waals surface area (Å²) in [4.78, 5) is 14.8. The summed E-state index contributed by atoms with van der Waals surface area (Å²) in [5.74, 6) is 2.17. The molecule has 0 bridgehead atoms. The van der Waals surface area contributed by atoms with Gasteiger partial charge in [-0.1, -0.05) is 12.8 Å². The van der Waals surface area contributed by atoms with E-state index in [9.17, 15) is 4.79 Å². The molecule has 1 unspecified atom stereocenters. The smallest absolute Gasteiger partial charge is 0.223 e. The van der Waals surface area contributed by atoms with Gasteiger partial charge in [-0.05, 0) is 50.9 Å². The van der Waals surface area contributed by atoms with Crippen LogP contribution in [0, 0.1) is 5.92 Å². The van der Waals surface area contributed by atoms with Crippen LogP contribution in [-0.4, -0.2) is 38.2 Å². The summed E-state index contributed by atoms with van der Waals surface area (Å²) in [5.41, 5.74) is 0. The van der Waals surface area contributed by atoms with Gasteiger partial charge in [0.1, 0.15) is 12.2 Å².